The van der Waals surface area contributed by atoms with E-state index in [2.05, 4.69) is 29.3 Å². The molecule has 0 unspecified atom stereocenters. The minimum absolute atomic E-state index is 0.00547. The molecule has 0 spiro atoms. The molecule has 2 aromatic rings. The molecule has 1 aliphatic rings. The first-order chi connectivity index (χ1) is 14.0. The van der Waals surface area contributed by atoms with E-state index in [1.807, 2.05) is 12.1 Å². The Hall–Kier alpha value is -2.18. The molecular formula is C23H30N2O3S. The maximum absolute atomic E-state index is 12.8. The predicted molar refractivity (Wildman–Crippen MR) is 119 cm³/mol. The molecule has 5 nitrogen and oxygen atoms in total. The summed E-state index contributed by atoms with van der Waals surface area (Å²) in [6, 6.07) is 8.29. The van der Waals surface area contributed by atoms with E-state index in [0.717, 1.165) is 35.3 Å². The lowest BCUT2D eigenvalue weighted by Crippen LogP contribution is -2.31. The molecule has 1 fully saturated rings. The van der Waals surface area contributed by atoms with E-state index in [1.54, 1.807) is 25.4 Å². The van der Waals surface area contributed by atoms with Crippen molar-refractivity contribution in [3.63, 3.8) is 0 Å². The maximum Gasteiger partial charge on any atom is 0.261 e. The highest BCUT2D eigenvalue weighted by molar-refractivity contribution is 7.21. The van der Waals surface area contributed by atoms with E-state index in [0.29, 0.717) is 37.1 Å². The molecule has 0 atom stereocenters. The number of hydrogen-bond acceptors (Lipinski definition) is 4. The summed E-state index contributed by atoms with van der Waals surface area (Å²) in [5.74, 6) is 0.793. The Labute approximate surface area is 176 Å². The molecule has 1 heterocycles. The third-order valence-corrected chi connectivity index (χ3v) is 6.81. The quantitative estimate of drug-likeness (QED) is 0.501. The van der Waals surface area contributed by atoms with Gasteiger partial charge in [0.15, 0.2) is 0 Å². The third kappa shape index (κ3) is 5.25. The molecule has 3 rings (SSSR count). The standard InChI is InChI=1S/C23H30N2O3S/c1-15(2)22(26)25-14-16-8-10-17(11-9-16)20-18-6-4-5-7-19(18)29-21(20)23(27)24-12-13-28-3/h4-7,16-17H,1,8-14H2,2-3H3,(H,24,27)(H,25,26). The van der Waals surface area contributed by atoms with Crippen LogP contribution >= 0.6 is 11.3 Å². The van der Waals surface area contributed by atoms with Gasteiger partial charge in [0.25, 0.3) is 5.91 Å². The second-order valence-electron chi connectivity index (χ2n) is 7.80. The molecule has 1 aromatic carbocycles. The summed E-state index contributed by atoms with van der Waals surface area (Å²) in [5, 5.41) is 7.16. The molecule has 156 valence electrons. The summed E-state index contributed by atoms with van der Waals surface area (Å²) < 4.78 is 6.22. The number of methoxy groups -OCH3 is 1. The summed E-state index contributed by atoms with van der Waals surface area (Å²) in [6.45, 7) is 7.14. The number of carbonyl (C=O) groups is 2. The Balaban J connectivity index is 1.72. The summed E-state index contributed by atoms with van der Waals surface area (Å²) in [4.78, 5) is 25.4. The van der Waals surface area contributed by atoms with Crippen LogP contribution in [0.2, 0.25) is 0 Å². The van der Waals surface area contributed by atoms with Crippen molar-refractivity contribution in [2.75, 3.05) is 26.8 Å². The number of amides is 2. The van der Waals surface area contributed by atoms with Gasteiger partial charge in [0.2, 0.25) is 5.91 Å². The van der Waals surface area contributed by atoms with Gasteiger partial charge in [0.05, 0.1) is 11.5 Å². The van der Waals surface area contributed by atoms with Crippen molar-refractivity contribution in [2.24, 2.45) is 5.92 Å². The van der Waals surface area contributed by atoms with Crippen LogP contribution in [0.25, 0.3) is 10.1 Å². The Morgan fingerprint density at radius 1 is 1.17 bits per heavy atom. The minimum atomic E-state index is -0.0639. The molecule has 0 aliphatic heterocycles. The van der Waals surface area contributed by atoms with Crippen molar-refractivity contribution >= 4 is 33.2 Å². The first kappa shape index (κ1) is 21.5. The van der Waals surface area contributed by atoms with E-state index < -0.39 is 0 Å². The van der Waals surface area contributed by atoms with Crippen molar-refractivity contribution in [3.8, 4) is 0 Å². The number of fused-ring (bicyclic) bond motifs is 1. The molecule has 1 saturated carbocycles. The first-order valence-corrected chi connectivity index (χ1v) is 11.0. The Morgan fingerprint density at radius 2 is 1.90 bits per heavy atom. The van der Waals surface area contributed by atoms with Crippen molar-refractivity contribution < 1.29 is 14.3 Å². The fourth-order valence-corrected chi connectivity index (χ4v) is 5.24. The molecule has 0 bridgehead atoms. The molecule has 29 heavy (non-hydrogen) atoms. The van der Waals surface area contributed by atoms with Crippen LogP contribution in [0.15, 0.2) is 36.4 Å². The monoisotopic (exact) mass is 414 g/mol. The number of nitrogens with one attached hydrogen (secondary N) is 2. The van der Waals surface area contributed by atoms with Gasteiger partial charge in [0, 0.05) is 30.5 Å². The third-order valence-electron chi connectivity index (χ3n) is 5.63. The fourth-order valence-electron chi connectivity index (χ4n) is 4.03. The van der Waals surface area contributed by atoms with Gasteiger partial charge in [-0.25, -0.2) is 0 Å². The molecule has 0 saturated heterocycles. The smallest absolute Gasteiger partial charge is 0.261 e. The highest BCUT2D eigenvalue weighted by atomic mass is 32.1. The largest absolute Gasteiger partial charge is 0.383 e. The number of hydrogen-bond donors (Lipinski definition) is 2. The Morgan fingerprint density at radius 3 is 2.59 bits per heavy atom. The van der Waals surface area contributed by atoms with Crippen molar-refractivity contribution in [3.05, 3.63) is 46.9 Å². The summed E-state index contributed by atoms with van der Waals surface area (Å²) in [5.41, 5.74) is 1.75. The summed E-state index contributed by atoms with van der Waals surface area (Å²) >= 11 is 1.58. The normalized spacial score (nSPS) is 19.1. The zero-order valence-electron chi connectivity index (χ0n) is 17.3. The zero-order chi connectivity index (χ0) is 20.8. The summed E-state index contributed by atoms with van der Waals surface area (Å²) in [6.07, 6.45) is 4.17. The van der Waals surface area contributed by atoms with Crippen molar-refractivity contribution in [1.82, 2.24) is 10.6 Å². The van der Waals surface area contributed by atoms with Gasteiger partial charge in [-0.1, -0.05) is 24.8 Å². The average Bonchev–Trinajstić information content (AvgIpc) is 3.12. The molecule has 1 aliphatic carbocycles. The molecule has 6 heteroatoms. The van der Waals surface area contributed by atoms with Gasteiger partial charge in [-0.15, -0.1) is 11.3 Å². The van der Waals surface area contributed by atoms with E-state index in [1.165, 1.54) is 10.9 Å². The van der Waals surface area contributed by atoms with Crippen molar-refractivity contribution in [2.45, 2.75) is 38.5 Å². The number of carbonyl (C=O) groups excluding carboxylic acids is 2. The first-order valence-electron chi connectivity index (χ1n) is 10.2. The van der Waals surface area contributed by atoms with Gasteiger partial charge < -0.3 is 15.4 Å². The van der Waals surface area contributed by atoms with Gasteiger partial charge >= 0.3 is 0 Å². The fraction of sp³-hybridized carbons (Fsp3) is 0.478. The minimum Gasteiger partial charge on any atom is -0.383 e. The van der Waals surface area contributed by atoms with Crippen LogP contribution in [-0.4, -0.2) is 38.6 Å². The Kier molecular flexibility index (Phi) is 7.45. The highest BCUT2D eigenvalue weighted by Crippen LogP contribution is 2.43. The topological polar surface area (TPSA) is 67.4 Å². The van der Waals surface area contributed by atoms with Crippen LogP contribution in [-0.2, 0) is 9.53 Å². The van der Waals surface area contributed by atoms with Crippen LogP contribution in [0, 0.1) is 5.92 Å². The highest BCUT2D eigenvalue weighted by Gasteiger charge is 2.29. The molecule has 2 amide bonds. The van der Waals surface area contributed by atoms with Crippen molar-refractivity contribution in [1.29, 1.82) is 0 Å². The second kappa shape index (κ2) is 10.0. The van der Waals surface area contributed by atoms with Crippen LogP contribution in [0.5, 0.6) is 0 Å². The lowest BCUT2D eigenvalue weighted by atomic mass is 9.77. The maximum atomic E-state index is 12.8. The van der Waals surface area contributed by atoms with E-state index in [-0.39, 0.29) is 11.8 Å². The molecule has 2 N–H and O–H groups in total. The Bertz CT molecular complexity index is 881. The number of benzene rings is 1. The van der Waals surface area contributed by atoms with Gasteiger partial charge in [-0.05, 0) is 61.5 Å². The number of rotatable bonds is 8. The van der Waals surface area contributed by atoms with Crippen LogP contribution in [0.1, 0.15) is 53.8 Å². The predicted octanol–water partition coefficient (Wildman–Crippen LogP) is 4.24. The van der Waals surface area contributed by atoms with Gasteiger partial charge in [-0.3, -0.25) is 9.59 Å². The number of ether oxygens (including phenoxy) is 1. The molecule has 0 radical (unpaired) electrons. The van der Waals surface area contributed by atoms with E-state index in [9.17, 15) is 9.59 Å². The van der Waals surface area contributed by atoms with Gasteiger partial charge in [0.1, 0.15) is 0 Å². The lowest BCUT2D eigenvalue weighted by Gasteiger charge is -2.29. The average molecular weight is 415 g/mol. The van der Waals surface area contributed by atoms with E-state index in [4.69, 9.17) is 4.74 Å². The lowest BCUT2D eigenvalue weighted by molar-refractivity contribution is -0.117. The summed E-state index contributed by atoms with van der Waals surface area (Å²) in [7, 11) is 1.63. The second-order valence-corrected chi connectivity index (χ2v) is 8.85. The van der Waals surface area contributed by atoms with Gasteiger partial charge in [-0.2, -0.15) is 0 Å². The molecule has 1 aromatic heterocycles. The van der Waals surface area contributed by atoms with E-state index >= 15 is 0 Å². The molecular weight excluding hydrogens is 384 g/mol. The zero-order valence-corrected chi connectivity index (χ0v) is 18.1. The van der Waals surface area contributed by atoms with Crippen LogP contribution in [0.4, 0.5) is 0 Å². The SMILES string of the molecule is C=C(C)C(=O)NCC1CCC(c2c(C(=O)NCCOC)sc3ccccc23)CC1. The van der Waals surface area contributed by atoms with Crippen LogP contribution < -0.4 is 10.6 Å². The number of thiophene rings is 1. The van der Waals surface area contributed by atoms with Crippen LogP contribution in [0.3, 0.4) is 0 Å².